The molecule has 20 heavy (non-hydrogen) atoms. The van der Waals surface area contributed by atoms with Crippen LogP contribution in [0, 0.1) is 0 Å². The van der Waals surface area contributed by atoms with Crippen LogP contribution in [0.3, 0.4) is 0 Å². The van der Waals surface area contributed by atoms with Gasteiger partial charge >= 0.3 is 0 Å². The van der Waals surface area contributed by atoms with Gasteiger partial charge in [0.15, 0.2) is 0 Å². The van der Waals surface area contributed by atoms with Gasteiger partial charge in [-0.05, 0) is 12.1 Å². The van der Waals surface area contributed by atoms with E-state index in [9.17, 15) is 9.90 Å². The molecule has 0 aliphatic carbocycles. The number of phenolic OH excluding ortho intramolecular Hbond substituents is 2. The number of amides is 1. The average molecular weight is 279 g/mol. The monoisotopic (exact) mass is 279 g/mol. The van der Waals surface area contributed by atoms with Crippen molar-refractivity contribution in [2.45, 2.75) is 0 Å². The molecule has 1 fully saturated rings. The number of nitrogens with one attached hydrogen (secondary N) is 1. The Kier molecular flexibility index (Phi) is 4.91. The predicted octanol–water partition coefficient (Wildman–Crippen LogP) is -0.120. The molecule has 1 heterocycles. The van der Waals surface area contributed by atoms with E-state index in [2.05, 4.69) is 10.5 Å². The number of carbonyl (C=O) groups is 1. The molecule has 0 atom stereocenters. The molecule has 1 aromatic rings. The third-order valence-electron chi connectivity index (χ3n) is 2.88. The summed E-state index contributed by atoms with van der Waals surface area (Å²) >= 11 is 0. The number of hydrazone groups is 1. The molecule has 7 nitrogen and oxygen atoms in total. The van der Waals surface area contributed by atoms with E-state index in [1.165, 1.54) is 24.4 Å². The minimum atomic E-state index is -0.221. The Hall–Kier alpha value is -2.12. The maximum atomic E-state index is 11.6. The van der Waals surface area contributed by atoms with E-state index in [1.807, 2.05) is 4.90 Å². The molecule has 0 bridgehead atoms. The molecule has 0 saturated carbocycles. The topological polar surface area (TPSA) is 94.4 Å². The van der Waals surface area contributed by atoms with Gasteiger partial charge in [0.2, 0.25) is 0 Å². The number of nitrogens with zero attached hydrogens (tertiary/aromatic N) is 2. The van der Waals surface area contributed by atoms with Crippen LogP contribution in [-0.2, 0) is 9.53 Å². The van der Waals surface area contributed by atoms with Crippen LogP contribution in [0.5, 0.6) is 11.5 Å². The van der Waals surface area contributed by atoms with E-state index in [1.54, 1.807) is 0 Å². The summed E-state index contributed by atoms with van der Waals surface area (Å²) in [6, 6.07) is 4.13. The van der Waals surface area contributed by atoms with Crippen LogP contribution < -0.4 is 5.43 Å². The van der Waals surface area contributed by atoms with Crippen molar-refractivity contribution in [2.75, 3.05) is 32.8 Å². The Morgan fingerprint density at radius 2 is 2.15 bits per heavy atom. The number of rotatable bonds is 4. The van der Waals surface area contributed by atoms with E-state index < -0.39 is 0 Å². The highest BCUT2D eigenvalue weighted by molar-refractivity contribution is 5.85. The second-order valence-electron chi connectivity index (χ2n) is 4.42. The van der Waals surface area contributed by atoms with Gasteiger partial charge in [-0.3, -0.25) is 9.69 Å². The summed E-state index contributed by atoms with van der Waals surface area (Å²) in [7, 11) is 0. The van der Waals surface area contributed by atoms with Crippen molar-refractivity contribution >= 4 is 12.1 Å². The van der Waals surface area contributed by atoms with E-state index in [0.29, 0.717) is 18.8 Å². The molecule has 7 heteroatoms. The number of hydrogen-bond acceptors (Lipinski definition) is 6. The summed E-state index contributed by atoms with van der Waals surface area (Å²) < 4.78 is 5.19. The molecular weight excluding hydrogens is 262 g/mol. The highest BCUT2D eigenvalue weighted by Gasteiger charge is 2.13. The van der Waals surface area contributed by atoms with Gasteiger partial charge in [0, 0.05) is 24.7 Å². The summed E-state index contributed by atoms with van der Waals surface area (Å²) in [6.45, 7) is 3.00. The van der Waals surface area contributed by atoms with Crippen LogP contribution in [-0.4, -0.2) is 60.1 Å². The Morgan fingerprint density at radius 3 is 2.85 bits per heavy atom. The van der Waals surface area contributed by atoms with Gasteiger partial charge in [-0.1, -0.05) is 0 Å². The highest BCUT2D eigenvalue weighted by Crippen LogP contribution is 2.20. The SMILES string of the molecule is O=C(CN1CCOCC1)NN=Cc1ccc(O)cc1O. The zero-order chi connectivity index (χ0) is 14.4. The van der Waals surface area contributed by atoms with Crippen molar-refractivity contribution in [3.05, 3.63) is 23.8 Å². The fourth-order valence-electron chi connectivity index (χ4n) is 1.81. The lowest BCUT2D eigenvalue weighted by atomic mass is 10.2. The third kappa shape index (κ3) is 4.22. The lowest BCUT2D eigenvalue weighted by Crippen LogP contribution is -2.42. The van der Waals surface area contributed by atoms with Crippen LogP contribution in [0.15, 0.2) is 23.3 Å². The fraction of sp³-hybridized carbons (Fsp3) is 0.385. The molecule has 0 radical (unpaired) electrons. The van der Waals surface area contributed by atoms with E-state index in [0.717, 1.165) is 13.1 Å². The third-order valence-corrected chi connectivity index (χ3v) is 2.88. The largest absolute Gasteiger partial charge is 0.508 e. The first-order valence-electron chi connectivity index (χ1n) is 6.29. The van der Waals surface area contributed by atoms with Crippen molar-refractivity contribution in [3.8, 4) is 11.5 Å². The Labute approximate surface area is 116 Å². The maximum absolute atomic E-state index is 11.6. The fourth-order valence-corrected chi connectivity index (χ4v) is 1.81. The maximum Gasteiger partial charge on any atom is 0.254 e. The van der Waals surface area contributed by atoms with Crippen LogP contribution in [0.1, 0.15) is 5.56 Å². The zero-order valence-electron chi connectivity index (χ0n) is 11.0. The molecule has 1 aliphatic heterocycles. The molecule has 0 spiro atoms. The second-order valence-corrected chi connectivity index (χ2v) is 4.42. The molecule has 1 saturated heterocycles. The summed E-state index contributed by atoms with van der Waals surface area (Å²) in [5.41, 5.74) is 2.81. The first-order valence-corrected chi connectivity index (χ1v) is 6.29. The number of morpholine rings is 1. The lowest BCUT2D eigenvalue weighted by Gasteiger charge is -2.25. The standard InChI is InChI=1S/C13H17N3O4/c17-11-2-1-10(12(18)7-11)8-14-15-13(19)9-16-3-5-20-6-4-16/h1-2,7-8,17-18H,3-6,9H2,(H,15,19). The molecule has 2 rings (SSSR count). The van der Waals surface area contributed by atoms with Crippen LogP contribution in [0.4, 0.5) is 0 Å². The van der Waals surface area contributed by atoms with Gasteiger partial charge in [-0.25, -0.2) is 5.43 Å². The van der Waals surface area contributed by atoms with Crippen molar-refractivity contribution in [1.82, 2.24) is 10.3 Å². The molecule has 3 N–H and O–H groups in total. The Balaban J connectivity index is 1.81. The van der Waals surface area contributed by atoms with Gasteiger partial charge in [0.05, 0.1) is 26.0 Å². The van der Waals surface area contributed by atoms with E-state index in [-0.39, 0.29) is 24.0 Å². The minimum absolute atomic E-state index is 0.0315. The summed E-state index contributed by atoms with van der Waals surface area (Å²) in [5.74, 6) is -0.353. The van der Waals surface area contributed by atoms with Gasteiger partial charge in [0.25, 0.3) is 5.91 Å². The molecule has 108 valence electrons. The number of benzene rings is 1. The van der Waals surface area contributed by atoms with E-state index in [4.69, 9.17) is 9.84 Å². The molecular formula is C13H17N3O4. The zero-order valence-corrected chi connectivity index (χ0v) is 11.0. The van der Waals surface area contributed by atoms with Crippen molar-refractivity contribution in [2.24, 2.45) is 5.10 Å². The van der Waals surface area contributed by atoms with Crippen molar-refractivity contribution in [1.29, 1.82) is 0 Å². The van der Waals surface area contributed by atoms with Crippen molar-refractivity contribution in [3.63, 3.8) is 0 Å². The minimum Gasteiger partial charge on any atom is -0.508 e. The van der Waals surface area contributed by atoms with Gasteiger partial charge in [-0.15, -0.1) is 0 Å². The van der Waals surface area contributed by atoms with Gasteiger partial charge in [-0.2, -0.15) is 5.10 Å². The first kappa shape index (κ1) is 14.3. The average Bonchev–Trinajstić information content (AvgIpc) is 2.42. The normalized spacial score (nSPS) is 16.4. The smallest absolute Gasteiger partial charge is 0.254 e. The second kappa shape index (κ2) is 6.88. The Bertz CT molecular complexity index is 498. The number of phenols is 2. The highest BCUT2D eigenvalue weighted by atomic mass is 16.5. The molecule has 1 amide bonds. The van der Waals surface area contributed by atoms with Crippen LogP contribution in [0.25, 0.3) is 0 Å². The summed E-state index contributed by atoms with van der Waals surface area (Å²) in [6.07, 6.45) is 1.33. The number of hydrogen-bond donors (Lipinski definition) is 3. The Morgan fingerprint density at radius 1 is 1.40 bits per heavy atom. The molecule has 1 aliphatic rings. The number of carbonyl (C=O) groups excluding carboxylic acids is 1. The number of ether oxygens (including phenoxy) is 1. The van der Waals surface area contributed by atoms with Crippen LogP contribution >= 0.6 is 0 Å². The van der Waals surface area contributed by atoms with Gasteiger partial charge < -0.3 is 14.9 Å². The summed E-state index contributed by atoms with van der Waals surface area (Å²) in [4.78, 5) is 13.6. The molecule has 1 aromatic carbocycles. The van der Waals surface area contributed by atoms with Crippen LogP contribution in [0.2, 0.25) is 0 Å². The molecule has 0 aromatic heterocycles. The van der Waals surface area contributed by atoms with Crippen molar-refractivity contribution < 1.29 is 19.7 Å². The predicted molar refractivity (Wildman–Crippen MR) is 72.8 cm³/mol. The van der Waals surface area contributed by atoms with E-state index >= 15 is 0 Å². The number of aromatic hydroxyl groups is 2. The van der Waals surface area contributed by atoms with Gasteiger partial charge in [0.1, 0.15) is 11.5 Å². The quantitative estimate of drug-likeness (QED) is 0.527. The lowest BCUT2D eigenvalue weighted by molar-refractivity contribution is -0.123. The molecule has 0 unspecified atom stereocenters. The first-order chi connectivity index (χ1) is 9.65. The summed E-state index contributed by atoms with van der Waals surface area (Å²) in [5, 5.41) is 22.4.